The summed E-state index contributed by atoms with van der Waals surface area (Å²) < 4.78 is 15.6. The lowest BCUT2D eigenvalue weighted by molar-refractivity contribution is 0.628. The van der Waals surface area contributed by atoms with Crippen LogP contribution < -0.4 is 5.73 Å². The zero-order valence-electron chi connectivity index (χ0n) is 10.1. The van der Waals surface area contributed by atoms with Gasteiger partial charge in [-0.1, -0.05) is 0 Å². The minimum Gasteiger partial charge on any atom is -0.391 e. The second-order valence-electron chi connectivity index (χ2n) is 4.87. The number of thiophene rings is 1. The molecule has 19 heavy (non-hydrogen) atoms. The lowest BCUT2D eigenvalue weighted by Gasteiger charge is -2.05. The highest BCUT2D eigenvalue weighted by Crippen LogP contribution is 2.42. The van der Waals surface area contributed by atoms with Crippen LogP contribution in [0.1, 0.15) is 18.9 Å². The number of halogens is 1. The highest BCUT2D eigenvalue weighted by molar-refractivity contribution is 7.19. The minimum absolute atomic E-state index is 0.216. The second kappa shape index (κ2) is 3.81. The average Bonchev–Trinajstić information content (AvgIpc) is 3.02. The van der Waals surface area contributed by atoms with Crippen LogP contribution >= 0.6 is 11.3 Å². The van der Waals surface area contributed by atoms with Gasteiger partial charge < -0.3 is 10.3 Å². The molecule has 5 heteroatoms. The molecule has 3 nitrogen and oxygen atoms in total. The van der Waals surface area contributed by atoms with Crippen molar-refractivity contribution in [1.82, 2.24) is 9.55 Å². The fourth-order valence-electron chi connectivity index (χ4n) is 2.42. The summed E-state index contributed by atoms with van der Waals surface area (Å²) in [6.07, 6.45) is 2.27. The highest BCUT2D eigenvalue weighted by Gasteiger charge is 2.29. The Labute approximate surface area is 113 Å². The van der Waals surface area contributed by atoms with Gasteiger partial charge >= 0.3 is 0 Å². The number of imidazole rings is 1. The Morgan fingerprint density at radius 3 is 2.79 bits per heavy atom. The van der Waals surface area contributed by atoms with E-state index in [9.17, 15) is 4.39 Å². The molecule has 0 aliphatic heterocycles. The normalized spacial score (nSPS) is 15.2. The van der Waals surface area contributed by atoms with Crippen LogP contribution in [0.3, 0.4) is 0 Å². The van der Waals surface area contributed by atoms with Crippen molar-refractivity contribution in [3.05, 3.63) is 36.1 Å². The first-order chi connectivity index (χ1) is 9.22. The minimum atomic E-state index is -0.216. The molecule has 1 fully saturated rings. The summed E-state index contributed by atoms with van der Waals surface area (Å²) in [7, 11) is 0. The maximum atomic E-state index is 13.5. The third-order valence-corrected chi connectivity index (χ3v) is 4.32. The Morgan fingerprint density at radius 1 is 1.26 bits per heavy atom. The largest absolute Gasteiger partial charge is 0.391 e. The number of benzene rings is 1. The van der Waals surface area contributed by atoms with E-state index in [4.69, 9.17) is 5.73 Å². The van der Waals surface area contributed by atoms with Crippen LogP contribution in [0.2, 0.25) is 0 Å². The predicted octanol–water partition coefficient (Wildman–Crippen LogP) is 3.82. The predicted molar refractivity (Wildman–Crippen MR) is 75.7 cm³/mol. The Morgan fingerprint density at radius 2 is 2.11 bits per heavy atom. The molecule has 3 aromatic rings. The molecule has 2 aromatic heterocycles. The molecule has 0 amide bonds. The summed E-state index contributed by atoms with van der Waals surface area (Å²) in [5.41, 5.74) is 7.52. The number of nitrogen functional groups attached to an aromatic ring is 1. The van der Waals surface area contributed by atoms with E-state index in [1.54, 1.807) is 12.1 Å². The zero-order chi connectivity index (χ0) is 13.0. The molecule has 2 N–H and O–H groups in total. The molecule has 1 aromatic carbocycles. The Bertz CT molecular complexity index is 770. The van der Waals surface area contributed by atoms with Gasteiger partial charge in [0.05, 0.1) is 20.9 Å². The Kier molecular flexibility index (Phi) is 2.20. The molecule has 0 saturated heterocycles. The maximum absolute atomic E-state index is 13.5. The van der Waals surface area contributed by atoms with Gasteiger partial charge in [0.2, 0.25) is 0 Å². The second-order valence-corrected chi connectivity index (χ2v) is 5.99. The van der Waals surface area contributed by atoms with Crippen molar-refractivity contribution in [1.29, 1.82) is 0 Å². The van der Waals surface area contributed by atoms with Crippen LogP contribution in [0.5, 0.6) is 0 Å². The highest BCUT2D eigenvalue weighted by atomic mass is 32.1. The summed E-state index contributed by atoms with van der Waals surface area (Å²) in [6, 6.07) is 9.09. The van der Waals surface area contributed by atoms with Gasteiger partial charge in [-0.2, -0.15) is 0 Å². The summed E-state index contributed by atoms with van der Waals surface area (Å²) >= 11 is 1.52. The van der Waals surface area contributed by atoms with Crippen LogP contribution in [-0.2, 0) is 0 Å². The van der Waals surface area contributed by atoms with Gasteiger partial charge in [0.1, 0.15) is 5.82 Å². The van der Waals surface area contributed by atoms with Gasteiger partial charge in [-0.15, -0.1) is 11.3 Å². The molecular weight excluding hydrogens is 261 g/mol. The van der Waals surface area contributed by atoms with Gasteiger partial charge in [-0.3, -0.25) is 0 Å². The summed E-state index contributed by atoms with van der Waals surface area (Å²) in [4.78, 5) is 5.69. The molecule has 2 heterocycles. The van der Waals surface area contributed by atoms with Crippen LogP contribution in [0.25, 0.3) is 21.7 Å². The first kappa shape index (κ1) is 11.0. The van der Waals surface area contributed by atoms with E-state index in [0.29, 0.717) is 6.04 Å². The molecule has 0 unspecified atom stereocenters. The molecular formula is C14H12FN3S. The van der Waals surface area contributed by atoms with Crippen molar-refractivity contribution in [2.24, 2.45) is 0 Å². The lowest BCUT2D eigenvalue weighted by atomic mass is 10.3. The standard InChI is InChI=1S/C14H12FN3S/c15-8-1-4-10-11(7-8)18(9-2-3-9)14(17-10)12-5-6-13(16)19-12/h1,4-7,9H,2-3,16H2. The molecule has 1 saturated carbocycles. The summed E-state index contributed by atoms with van der Waals surface area (Å²) in [5.74, 6) is 0.691. The van der Waals surface area contributed by atoms with Crippen LogP contribution in [0.4, 0.5) is 9.39 Å². The van der Waals surface area contributed by atoms with E-state index >= 15 is 0 Å². The molecule has 0 atom stereocenters. The first-order valence-corrected chi connectivity index (χ1v) is 7.07. The van der Waals surface area contributed by atoms with E-state index in [-0.39, 0.29) is 5.82 Å². The smallest absolute Gasteiger partial charge is 0.151 e. The topological polar surface area (TPSA) is 43.8 Å². The number of hydrogen-bond donors (Lipinski definition) is 1. The van der Waals surface area contributed by atoms with Crippen molar-refractivity contribution in [2.75, 3.05) is 5.73 Å². The van der Waals surface area contributed by atoms with Gasteiger partial charge in [0, 0.05) is 6.04 Å². The quantitative estimate of drug-likeness (QED) is 0.771. The number of nitrogens with zero attached hydrogens (tertiary/aromatic N) is 2. The number of fused-ring (bicyclic) bond motifs is 1. The van der Waals surface area contributed by atoms with Gasteiger partial charge in [-0.05, 0) is 43.2 Å². The molecule has 96 valence electrons. The van der Waals surface area contributed by atoms with E-state index in [0.717, 1.165) is 39.6 Å². The summed E-state index contributed by atoms with van der Waals surface area (Å²) in [6.45, 7) is 0. The van der Waals surface area contributed by atoms with Crippen molar-refractivity contribution >= 4 is 27.4 Å². The maximum Gasteiger partial charge on any atom is 0.151 e. The van der Waals surface area contributed by atoms with Crippen LogP contribution in [0.15, 0.2) is 30.3 Å². The number of nitrogens with two attached hydrogens (primary N) is 1. The molecule has 4 rings (SSSR count). The fourth-order valence-corrected chi connectivity index (χ4v) is 3.18. The number of anilines is 1. The summed E-state index contributed by atoms with van der Waals surface area (Å²) in [5, 5.41) is 0.774. The first-order valence-electron chi connectivity index (χ1n) is 6.25. The average molecular weight is 273 g/mol. The van der Waals surface area contributed by atoms with Crippen molar-refractivity contribution < 1.29 is 4.39 Å². The van der Waals surface area contributed by atoms with Crippen molar-refractivity contribution in [3.63, 3.8) is 0 Å². The van der Waals surface area contributed by atoms with Gasteiger partial charge in [0.15, 0.2) is 5.82 Å². The van der Waals surface area contributed by atoms with E-state index < -0.39 is 0 Å². The number of rotatable bonds is 2. The van der Waals surface area contributed by atoms with Gasteiger partial charge in [0.25, 0.3) is 0 Å². The Balaban J connectivity index is 2.01. The van der Waals surface area contributed by atoms with E-state index in [1.807, 2.05) is 12.1 Å². The lowest BCUT2D eigenvalue weighted by Crippen LogP contribution is -1.96. The van der Waals surface area contributed by atoms with Crippen molar-refractivity contribution in [2.45, 2.75) is 18.9 Å². The van der Waals surface area contributed by atoms with Crippen LogP contribution in [0, 0.1) is 5.82 Å². The third kappa shape index (κ3) is 1.73. The van der Waals surface area contributed by atoms with Gasteiger partial charge in [-0.25, -0.2) is 9.37 Å². The monoisotopic (exact) mass is 273 g/mol. The molecule has 1 aliphatic rings. The molecule has 0 bridgehead atoms. The molecule has 1 aliphatic carbocycles. The Hall–Kier alpha value is -1.88. The SMILES string of the molecule is Nc1ccc(-c2nc3ccc(F)cc3n2C2CC2)s1. The third-order valence-electron chi connectivity index (χ3n) is 3.41. The van der Waals surface area contributed by atoms with Crippen LogP contribution in [-0.4, -0.2) is 9.55 Å². The number of hydrogen-bond acceptors (Lipinski definition) is 3. The van der Waals surface area contributed by atoms with Crippen molar-refractivity contribution in [3.8, 4) is 10.7 Å². The van der Waals surface area contributed by atoms with E-state index in [2.05, 4.69) is 9.55 Å². The zero-order valence-corrected chi connectivity index (χ0v) is 11.0. The number of aromatic nitrogens is 2. The fraction of sp³-hybridized carbons (Fsp3) is 0.214. The van der Waals surface area contributed by atoms with E-state index in [1.165, 1.54) is 17.4 Å². The molecule has 0 radical (unpaired) electrons. The molecule has 0 spiro atoms.